The minimum Gasteiger partial charge on any atom is 0 e. The van der Waals surface area contributed by atoms with Crippen LogP contribution in [0.1, 0.15) is 329 Å². The van der Waals surface area contributed by atoms with Gasteiger partial charge in [-0.3, -0.25) is 14.4 Å². The second kappa shape index (κ2) is 72.8. The predicted molar refractivity (Wildman–Crippen MR) is 279 cm³/mol. The number of carboxylic acids is 3. The Morgan fingerprint density at radius 3 is 0.429 bits per heavy atom. The number of hydrogen-bond acceptors (Lipinski definition) is 3. The minimum absolute atomic E-state index is 0. The van der Waals surface area contributed by atoms with E-state index in [0.29, 0.717) is 19.3 Å². The van der Waals surface area contributed by atoms with Crippen molar-refractivity contribution in [1.29, 1.82) is 0 Å². The predicted octanol–water partition coefficient (Wildman–Crippen LogP) is 17.2. The topological polar surface area (TPSA) is 112 Å². The Labute approximate surface area is 477 Å². The maximum absolute atomic E-state index is 10.3. The second-order valence-corrected chi connectivity index (χ2v) is 18.3. The Hall–Kier alpha value is 1.86. The smallest absolute Gasteiger partial charge is 0 e. The first kappa shape index (κ1) is 76.4. The molecule has 0 aromatic carbocycles. The van der Waals surface area contributed by atoms with Gasteiger partial charge in [0.05, 0.1) is 0 Å². The van der Waals surface area contributed by atoms with E-state index in [9.17, 15) is 14.4 Å². The average molecular weight is 1100 g/mol. The molecule has 370 valence electrons. The summed E-state index contributed by atoms with van der Waals surface area (Å²) in [6.07, 6.45) is 60.6. The molecule has 3 N–H and O–H groups in total. The van der Waals surface area contributed by atoms with Crippen molar-refractivity contribution in [2.24, 2.45) is 0 Å². The first-order valence-electron chi connectivity index (χ1n) is 27.0. The summed E-state index contributed by atoms with van der Waals surface area (Å²) in [4.78, 5) is 31.0. The normalized spacial score (nSPS) is 10.3. The van der Waals surface area contributed by atoms with Crippen molar-refractivity contribution in [2.75, 3.05) is 0 Å². The van der Waals surface area contributed by atoms with E-state index >= 15 is 0 Å². The summed E-state index contributed by atoms with van der Waals surface area (Å²) in [5.41, 5.74) is 0. The van der Waals surface area contributed by atoms with Gasteiger partial charge in [-0.25, -0.2) is 0 Å². The van der Waals surface area contributed by atoms with Crippen LogP contribution >= 0.6 is 0 Å². The molecule has 0 atom stereocenters. The van der Waals surface area contributed by atoms with E-state index in [0.717, 1.165) is 38.5 Å². The van der Waals surface area contributed by atoms with E-state index in [-0.39, 0.29) is 106 Å². The standard InChI is InChI=1S/3C18H36O2.Ba.Ca.Zn.4H/c3*1-2-3-4-5-6-7-8-9-10-11-12-13-14-15-16-17-18(19)20;;;;;;;/h3*2-17H2,1H3,(H,19,20);;;;;;;. The molecule has 6 nitrogen and oxygen atoms in total. The van der Waals surface area contributed by atoms with Crippen LogP contribution in [0.4, 0.5) is 0 Å². The summed E-state index contributed by atoms with van der Waals surface area (Å²) in [5.74, 6) is -1.96. The molecule has 0 saturated carbocycles. The van der Waals surface area contributed by atoms with E-state index < -0.39 is 17.9 Å². The van der Waals surface area contributed by atoms with Crippen molar-refractivity contribution >= 4 is 105 Å². The molecule has 0 aliphatic carbocycles. The van der Waals surface area contributed by atoms with Gasteiger partial charge in [-0.15, -0.1) is 0 Å². The Balaban J connectivity index is -0.000000189. The Morgan fingerprint density at radius 1 is 0.238 bits per heavy atom. The SMILES string of the molecule is CCCCCCCCCCCCCCCCCC(=O)O.CCCCCCCCCCCCCCCCCC(=O)O.CCCCCCCCCCCCCCCCCC(=O)O.[BaH2].[CaH2].[Zn]. The molecule has 0 saturated heterocycles. The quantitative estimate of drug-likeness (QED) is 0.0413. The molecule has 0 aromatic rings. The summed E-state index contributed by atoms with van der Waals surface area (Å²) in [5, 5.41) is 25.6. The monoisotopic (exact) mass is 1100 g/mol. The molecule has 0 aliphatic heterocycles. The van der Waals surface area contributed by atoms with Crippen molar-refractivity contribution in [3.63, 3.8) is 0 Å². The molecular weight excluding hydrogens is 987 g/mol. The van der Waals surface area contributed by atoms with Crippen LogP contribution in [0, 0.1) is 0 Å². The van der Waals surface area contributed by atoms with Crippen molar-refractivity contribution in [1.82, 2.24) is 0 Å². The zero-order valence-corrected chi connectivity index (χ0v) is 44.7. The van der Waals surface area contributed by atoms with E-state index in [4.69, 9.17) is 15.3 Å². The van der Waals surface area contributed by atoms with Crippen LogP contribution < -0.4 is 0 Å². The molecule has 0 fully saturated rings. The van der Waals surface area contributed by atoms with E-state index in [1.165, 1.54) is 250 Å². The molecule has 0 aromatic heterocycles. The van der Waals surface area contributed by atoms with Crippen molar-refractivity contribution in [3.05, 3.63) is 0 Å². The summed E-state index contributed by atoms with van der Waals surface area (Å²) < 4.78 is 0. The first-order chi connectivity index (χ1) is 29.3. The van der Waals surface area contributed by atoms with Crippen LogP contribution in [0.2, 0.25) is 0 Å². The summed E-state index contributed by atoms with van der Waals surface area (Å²) in [6, 6.07) is 0. The molecule has 0 bridgehead atoms. The average Bonchev–Trinajstić information content (AvgIpc) is 3.22. The minimum atomic E-state index is -0.653. The summed E-state index contributed by atoms with van der Waals surface area (Å²) in [7, 11) is 0. The fourth-order valence-electron chi connectivity index (χ4n) is 7.94. The maximum atomic E-state index is 10.3. The van der Waals surface area contributed by atoms with Crippen LogP contribution in [0.3, 0.4) is 0 Å². The third kappa shape index (κ3) is 87.5. The van der Waals surface area contributed by atoms with Crippen LogP contribution in [0.25, 0.3) is 0 Å². The van der Waals surface area contributed by atoms with Crippen molar-refractivity contribution in [3.8, 4) is 0 Å². The second-order valence-electron chi connectivity index (χ2n) is 18.3. The molecule has 0 aliphatic rings. The number of rotatable bonds is 48. The van der Waals surface area contributed by atoms with Gasteiger partial charge in [0.25, 0.3) is 0 Å². The van der Waals surface area contributed by atoms with Gasteiger partial charge in [-0.05, 0) is 19.3 Å². The number of carboxylic acid groups (broad SMARTS) is 3. The van der Waals surface area contributed by atoms with Gasteiger partial charge in [0.2, 0.25) is 0 Å². The van der Waals surface area contributed by atoms with Gasteiger partial charge in [0.1, 0.15) is 0 Å². The van der Waals surface area contributed by atoms with Crippen LogP contribution in [0.15, 0.2) is 0 Å². The Kier molecular flexibility index (Phi) is 88.3. The zero-order valence-electron chi connectivity index (χ0n) is 41.7. The van der Waals surface area contributed by atoms with Gasteiger partial charge >= 0.3 is 105 Å². The number of hydrogen-bond donors (Lipinski definition) is 3. The fourth-order valence-corrected chi connectivity index (χ4v) is 7.94. The van der Waals surface area contributed by atoms with Gasteiger partial charge in [0, 0.05) is 38.7 Å². The molecule has 0 rings (SSSR count). The van der Waals surface area contributed by atoms with Crippen LogP contribution in [0.5, 0.6) is 0 Å². The number of unbranched alkanes of at least 4 members (excludes halogenated alkanes) is 42. The molecule has 0 unspecified atom stereocenters. The van der Waals surface area contributed by atoms with Crippen molar-refractivity contribution < 1.29 is 49.2 Å². The Bertz CT molecular complexity index is 732. The number of aliphatic carboxylic acids is 3. The summed E-state index contributed by atoms with van der Waals surface area (Å²) >= 11 is 0. The maximum Gasteiger partial charge on any atom is 0 e. The summed E-state index contributed by atoms with van der Waals surface area (Å²) in [6.45, 7) is 6.81. The largest absolute Gasteiger partial charge is 0 e. The van der Waals surface area contributed by atoms with E-state index in [2.05, 4.69) is 20.8 Å². The van der Waals surface area contributed by atoms with Gasteiger partial charge in [-0.1, -0.05) is 290 Å². The van der Waals surface area contributed by atoms with E-state index in [1.807, 2.05) is 0 Å². The Morgan fingerprint density at radius 2 is 0.333 bits per heavy atom. The number of carbonyl (C=O) groups is 3. The van der Waals surface area contributed by atoms with Crippen LogP contribution in [-0.2, 0) is 33.9 Å². The van der Waals surface area contributed by atoms with E-state index in [1.54, 1.807) is 0 Å². The molecule has 0 amide bonds. The third-order valence-electron chi connectivity index (χ3n) is 12.0. The zero-order chi connectivity index (χ0) is 44.7. The first-order valence-corrected chi connectivity index (χ1v) is 27.0. The molecule has 0 radical (unpaired) electrons. The van der Waals surface area contributed by atoms with Crippen LogP contribution in [-0.4, -0.2) is 120 Å². The molecule has 0 heterocycles. The van der Waals surface area contributed by atoms with Gasteiger partial charge in [0.15, 0.2) is 0 Å². The molecule has 9 heteroatoms. The van der Waals surface area contributed by atoms with Crippen molar-refractivity contribution in [2.45, 2.75) is 329 Å². The third-order valence-corrected chi connectivity index (χ3v) is 12.0. The fraction of sp³-hybridized carbons (Fsp3) is 0.944. The molecule has 63 heavy (non-hydrogen) atoms. The molecule has 0 spiro atoms. The van der Waals surface area contributed by atoms with Gasteiger partial charge < -0.3 is 15.3 Å². The van der Waals surface area contributed by atoms with Gasteiger partial charge in [-0.2, -0.15) is 0 Å². The molecular formula is C54H112BaCaO6Zn.